The first-order valence-electron chi connectivity index (χ1n) is 3.07. The fraction of sp³-hybridized carbons (Fsp3) is 0.200. The minimum absolute atomic E-state index is 0.0978. The molecule has 0 unspecified atom stereocenters. The molecule has 0 aliphatic carbocycles. The number of alkyl halides is 1. The zero-order valence-corrected chi connectivity index (χ0v) is 8.57. The van der Waals surface area contributed by atoms with Crippen LogP contribution in [0.5, 0.6) is 0 Å². The second kappa shape index (κ2) is 4.08. The summed E-state index contributed by atoms with van der Waals surface area (Å²) in [4.78, 5) is 7.21. The zero-order valence-electron chi connectivity index (χ0n) is 6.24. The van der Waals surface area contributed by atoms with Crippen molar-refractivity contribution in [3.63, 3.8) is 0 Å². The summed E-state index contributed by atoms with van der Waals surface area (Å²) in [6.07, 6.45) is 1.15. The molecule has 0 aromatic carbocycles. The fourth-order valence-electron chi connectivity index (χ4n) is 0.576. The molecule has 13 heavy (non-hydrogen) atoms. The van der Waals surface area contributed by atoms with Crippen LogP contribution in [0, 0.1) is 0 Å². The lowest BCUT2D eigenvalue weighted by molar-refractivity contribution is 0.605. The molecule has 0 aliphatic heterocycles. The van der Waals surface area contributed by atoms with Crippen molar-refractivity contribution in [3.05, 3.63) is 17.5 Å². The zero-order chi connectivity index (χ0) is 9.90. The molecule has 0 radical (unpaired) electrons. The Morgan fingerprint density at radius 2 is 2.15 bits per heavy atom. The van der Waals surface area contributed by atoms with Gasteiger partial charge in [0.25, 0.3) is 0 Å². The molecular weight excluding hydrogens is 237 g/mol. The molecule has 0 aliphatic rings. The molecule has 72 valence electrons. The number of rotatable bonds is 3. The minimum atomic E-state index is -3.52. The molecule has 1 N–H and O–H groups in total. The Balaban J connectivity index is 2.87. The third-order valence-electron chi connectivity index (χ3n) is 1.04. The van der Waals surface area contributed by atoms with Gasteiger partial charge in [-0.2, -0.15) is 0 Å². The molecule has 0 amide bonds. The van der Waals surface area contributed by atoms with Gasteiger partial charge in [-0.15, -0.1) is 11.6 Å². The van der Waals surface area contributed by atoms with Gasteiger partial charge in [0.1, 0.15) is 22.5 Å². The minimum Gasteiger partial charge on any atom is -0.266 e. The summed E-state index contributed by atoms with van der Waals surface area (Å²) >= 11 is 10.7. The molecule has 0 atom stereocenters. The molecule has 1 heterocycles. The van der Waals surface area contributed by atoms with Gasteiger partial charge >= 0.3 is 0 Å². The predicted molar refractivity (Wildman–Crippen MR) is 50.3 cm³/mol. The second-order valence-corrected chi connectivity index (χ2v) is 4.75. The SMILES string of the molecule is O=S(=O)(CCl)Nc1cc(Cl)ncn1. The Morgan fingerprint density at radius 1 is 1.46 bits per heavy atom. The lowest BCUT2D eigenvalue weighted by Gasteiger charge is -2.02. The average Bonchev–Trinajstić information content (AvgIpc) is 2.03. The molecule has 8 heteroatoms. The number of nitrogens with one attached hydrogen (secondary N) is 1. The van der Waals surface area contributed by atoms with E-state index in [1.165, 1.54) is 6.07 Å². The van der Waals surface area contributed by atoms with E-state index in [4.69, 9.17) is 23.2 Å². The van der Waals surface area contributed by atoms with Crippen molar-refractivity contribution in [1.29, 1.82) is 0 Å². The van der Waals surface area contributed by atoms with Crippen LogP contribution in [-0.4, -0.2) is 23.6 Å². The van der Waals surface area contributed by atoms with Gasteiger partial charge in [0.2, 0.25) is 10.0 Å². The van der Waals surface area contributed by atoms with E-state index in [9.17, 15) is 8.42 Å². The van der Waals surface area contributed by atoms with Crippen LogP contribution in [0.15, 0.2) is 12.4 Å². The number of nitrogens with zero attached hydrogens (tertiary/aromatic N) is 2. The summed E-state index contributed by atoms with van der Waals surface area (Å²) in [5.74, 6) is 0.0978. The topological polar surface area (TPSA) is 72.0 Å². The first-order valence-corrected chi connectivity index (χ1v) is 5.64. The summed E-state index contributed by atoms with van der Waals surface area (Å²) in [7, 11) is -3.52. The Hall–Kier alpha value is -0.590. The van der Waals surface area contributed by atoms with Crippen LogP contribution in [0.25, 0.3) is 0 Å². The normalized spacial score (nSPS) is 11.2. The van der Waals surface area contributed by atoms with Crippen molar-refractivity contribution in [3.8, 4) is 0 Å². The van der Waals surface area contributed by atoms with Crippen molar-refractivity contribution in [2.75, 3.05) is 9.93 Å². The number of halogens is 2. The van der Waals surface area contributed by atoms with E-state index in [1.807, 2.05) is 0 Å². The third-order valence-corrected chi connectivity index (χ3v) is 2.91. The first kappa shape index (κ1) is 10.5. The summed E-state index contributed by atoms with van der Waals surface area (Å²) < 4.78 is 24.0. The number of aromatic nitrogens is 2. The summed E-state index contributed by atoms with van der Waals surface area (Å²) in [6.45, 7) is 0. The van der Waals surface area contributed by atoms with Crippen LogP contribution in [0.1, 0.15) is 0 Å². The Labute approximate surface area is 85.2 Å². The maximum absolute atomic E-state index is 10.9. The van der Waals surface area contributed by atoms with Gasteiger partial charge < -0.3 is 0 Å². The van der Waals surface area contributed by atoms with Gasteiger partial charge in [0.15, 0.2) is 0 Å². The smallest absolute Gasteiger partial charge is 0.247 e. The number of anilines is 1. The number of hydrogen-bond donors (Lipinski definition) is 1. The highest BCUT2D eigenvalue weighted by molar-refractivity contribution is 7.93. The highest BCUT2D eigenvalue weighted by Gasteiger charge is 2.08. The number of sulfonamides is 1. The third kappa shape index (κ3) is 3.33. The first-order chi connectivity index (χ1) is 6.03. The summed E-state index contributed by atoms with van der Waals surface area (Å²) in [6, 6.07) is 1.28. The van der Waals surface area contributed by atoms with Crippen LogP contribution in [0.3, 0.4) is 0 Å². The van der Waals surface area contributed by atoms with Crippen LogP contribution in [0.4, 0.5) is 5.82 Å². The van der Waals surface area contributed by atoms with Crippen LogP contribution in [0.2, 0.25) is 5.15 Å². The van der Waals surface area contributed by atoms with E-state index in [0.717, 1.165) is 6.33 Å². The molecule has 1 aromatic heterocycles. The summed E-state index contributed by atoms with van der Waals surface area (Å²) in [5.41, 5.74) is 0. The van der Waals surface area contributed by atoms with E-state index in [-0.39, 0.29) is 11.0 Å². The average molecular weight is 242 g/mol. The second-order valence-electron chi connectivity index (χ2n) is 2.05. The molecule has 0 bridgehead atoms. The van der Waals surface area contributed by atoms with Crippen molar-refractivity contribution in [2.24, 2.45) is 0 Å². The molecule has 0 saturated carbocycles. The fourth-order valence-corrected chi connectivity index (χ4v) is 1.37. The van der Waals surface area contributed by atoms with Crippen molar-refractivity contribution in [1.82, 2.24) is 9.97 Å². The van der Waals surface area contributed by atoms with Gasteiger partial charge in [-0.3, -0.25) is 4.72 Å². The lowest BCUT2D eigenvalue weighted by atomic mass is 10.6. The van der Waals surface area contributed by atoms with Gasteiger partial charge in [-0.1, -0.05) is 11.6 Å². The van der Waals surface area contributed by atoms with Crippen molar-refractivity contribution >= 4 is 39.0 Å². The largest absolute Gasteiger partial charge is 0.266 e. The van der Waals surface area contributed by atoms with Gasteiger partial charge in [-0.05, 0) is 0 Å². The maximum atomic E-state index is 10.9. The standard InChI is InChI=1S/C5H5Cl2N3O2S/c6-2-13(11,12)10-5-1-4(7)8-3-9-5/h1,3H,2H2,(H,8,9,10). The maximum Gasteiger partial charge on any atom is 0.247 e. The van der Waals surface area contributed by atoms with Gasteiger partial charge in [-0.25, -0.2) is 18.4 Å². The van der Waals surface area contributed by atoms with Crippen molar-refractivity contribution in [2.45, 2.75) is 0 Å². The molecule has 0 fully saturated rings. The Morgan fingerprint density at radius 3 is 2.69 bits per heavy atom. The van der Waals surface area contributed by atoms with E-state index < -0.39 is 15.2 Å². The molecule has 1 aromatic rings. The van der Waals surface area contributed by atoms with E-state index >= 15 is 0 Å². The summed E-state index contributed by atoms with van der Waals surface area (Å²) in [5, 5.41) is -0.378. The Kier molecular flexibility index (Phi) is 3.29. The van der Waals surface area contributed by atoms with Crippen LogP contribution >= 0.6 is 23.2 Å². The van der Waals surface area contributed by atoms with Crippen LogP contribution < -0.4 is 4.72 Å². The molecule has 5 nitrogen and oxygen atoms in total. The molecule has 1 rings (SSSR count). The van der Waals surface area contributed by atoms with E-state index in [0.29, 0.717) is 0 Å². The highest BCUT2D eigenvalue weighted by Crippen LogP contribution is 2.10. The monoisotopic (exact) mass is 241 g/mol. The quantitative estimate of drug-likeness (QED) is 0.635. The van der Waals surface area contributed by atoms with Gasteiger partial charge in [0, 0.05) is 6.07 Å². The van der Waals surface area contributed by atoms with Gasteiger partial charge in [0.05, 0.1) is 0 Å². The highest BCUT2D eigenvalue weighted by atomic mass is 35.5. The van der Waals surface area contributed by atoms with E-state index in [2.05, 4.69) is 14.7 Å². The number of hydrogen-bond acceptors (Lipinski definition) is 4. The molecular formula is C5H5Cl2N3O2S. The molecule has 0 spiro atoms. The Bertz CT molecular complexity index is 395. The van der Waals surface area contributed by atoms with Crippen LogP contribution in [-0.2, 0) is 10.0 Å². The predicted octanol–water partition coefficient (Wildman–Crippen LogP) is 1.07. The lowest BCUT2D eigenvalue weighted by Crippen LogP contribution is -2.14. The molecule has 0 saturated heterocycles. The van der Waals surface area contributed by atoms with E-state index in [1.54, 1.807) is 0 Å². The van der Waals surface area contributed by atoms with Crippen molar-refractivity contribution < 1.29 is 8.42 Å².